The summed E-state index contributed by atoms with van der Waals surface area (Å²) in [5.74, 6) is 0.0391. The molecule has 0 bridgehead atoms. The van der Waals surface area contributed by atoms with Crippen LogP contribution in [0.4, 0.5) is 9.52 Å². The van der Waals surface area contributed by atoms with Crippen LogP contribution in [0, 0.1) is 19.7 Å². The summed E-state index contributed by atoms with van der Waals surface area (Å²) in [5, 5.41) is 0.750. The molecule has 5 nitrogen and oxygen atoms in total. The molecule has 1 saturated heterocycles. The lowest BCUT2D eigenvalue weighted by atomic mass is 10.1. The first kappa shape index (κ1) is 23.2. The highest BCUT2D eigenvalue weighted by atomic mass is 32.2. The van der Waals surface area contributed by atoms with Crippen LogP contribution in [0.5, 0.6) is 0 Å². The van der Waals surface area contributed by atoms with Gasteiger partial charge in [0.05, 0.1) is 29.2 Å². The Morgan fingerprint density at radius 3 is 2.69 bits per heavy atom. The molecule has 0 unspecified atom stereocenters. The van der Waals surface area contributed by atoms with Gasteiger partial charge in [0.15, 0.2) is 5.13 Å². The lowest BCUT2D eigenvalue weighted by molar-refractivity contribution is -0.116. The van der Waals surface area contributed by atoms with Gasteiger partial charge >= 0.3 is 0 Å². The lowest BCUT2D eigenvalue weighted by Crippen LogP contribution is -2.39. The summed E-state index contributed by atoms with van der Waals surface area (Å²) in [7, 11) is 0. The Hall–Kier alpha value is -2.00. The summed E-state index contributed by atoms with van der Waals surface area (Å²) in [6.45, 7) is 9.14. The number of benzene rings is 2. The number of anilines is 1. The Morgan fingerprint density at radius 2 is 1.94 bits per heavy atom. The molecule has 32 heavy (non-hydrogen) atoms. The van der Waals surface area contributed by atoms with E-state index in [1.54, 1.807) is 23.5 Å². The Labute approximate surface area is 196 Å². The third kappa shape index (κ3) is 5.67. The Bertz CT molecular complexity index is 1070. The van der Waals surface area contributed by atoms with Crippen LogP contribution < -0.4 is 4.90 Å². The van der Waals surface area contributed by atoms with Crippen LogP contribution in [0.1, 0.15) is 17.5 Å². The number of thioether (sulfide) groups is 1. The third-order valence-electron chi connectivity index (χ3n) is 5.74. The largest absolute Gasteiger partial charge is 0.379 e. The number of hydrogen-bond donors (Lipinski definition) is 0. The van der Waals surface area contributed by atoms with E-state index in [1.807, 2.05) is 4.90 Å². The van der Waals surface area contributed by atoms with E-state index in [1.165, 1.54) is 29.5 Å². The molecule has 3 aromatic rings. The quantitative estimate of drug-likeness (QED) is 0.436. The van der Waals surface area contributed by atoms with Crippen molar-refractivity contribution in [1.82, 2.24) is 9.88 Å². The van der Waals surface area contributed by atoms with Gasteiger partial charge in [-0.15, -0.1) is 11.8 Å². The van der Waals surface area contributed by atoms with E-state index in [0.29, 0.717) is 6.54 Å². The van der Waals surface area contributed by atoms with Crippen LogP contribution >= 0.6 is 23.1 Å². The number of morpholine rings is 1. The maximum absolute atomic E-state index is 13.3. The third-order valence-corrected chi connectivity index (χ3v) is 7.78. The van der Waals surface area contributed by atoms with Crippen molar-refractivity contribution in [2.75, 3.05) is 50.0 Å². The van der Waals surface area contributed by atoms with Crippen LogP contribution in [0.15, 0.2) is 41.3 Å². The highest BCUT2D eigenvalue weighted by molar-refractivity contribution is 8.00. The van der Waals surface area contributed by atoms with Crippen molar-refractivity contribution in [3.8, 4) is 0 Å². The Morgan fingerprint density at radius 1 is 1.19 bits per heavy atom. The zero-order valence-electron chi connectivity index (χ0n) is 18.5. The summed E-state index contributed by atoms with van der Waals surface area (Å²) < 4.78 is 19.7. The minimum atomic E-state index is -0.273. The number of aryl methyl sites for hydroxylation is 2. The van der Waals surface area contributed by atoms with Gasteiger partial charge in [0.25, 0.3) is 0 Å². The second-order valence-electron chi connectivity index (χ2n) is 7.95. The average Bonchev–Trinajstić information content (AvgIpc) is 3.24. The maximum atomic E-state index is 13.3. The van der Waals surface area contributed by atoms with Gasteiger partial charge in [-0.1, -0.05) is 17.4 Å². The molecule has 0 aliphatic carbocycles. The van der Waals surface area contributed by atoms with Gasteiger partial charge in [-0.2, -0.15) is 0 Å². The number of carbonyl (C=O) groups excluding carboxylic acids is 1. The molecule has 8 heteroatoms. The van der Waals surface area contributed by atoms with E-state index in [2.05, 4.69) is 30.9 Å². The van der Waals surface area contributed by atoms with Gasteiger partial charge < -0.3 is 4.74 Å². The molecule has 4 rings (SSSR count). The van der Waals surface area contributed by atoms with Crippen molar-refractivity contribution in [3.05, 3.63) is 53.3 Å². The van der Waals surface area contributed by atoms with Crippen molar-refractivity contribution < 1.29 is 13.9 Å². The van der Waals surface area contributed by atoms with E-state index in [0.717, 1.165) is 65.1 Å². The van der Waals surface area contributed by atoms with Gasteiger partial charge in [0.2, 0.25) is 5.91 Å². The summed E-state index contributed by atoms with van der Waals surface area (Å²) >= 11 is 2.99. The second kappa shape index (κ2) is 10.7. The van der Waals surface area contributed by atoms with Gasteiger partial charge in [0.1, 0.15) is 5.82 Å². The zero-order chi connectivity index (χ0) is 22.5. The minimum absolute atomic E-state index is 0.0229. The van der Waals surface area contributed by atoms with Crippen molar-refractivity contribution in [1.29, 1.82) is 0 Å². The lowest BCUT2D eigenvalue weighted by Gasteiger charge is -2.27. The van der Waals surface area contributed by atoms with Crippen molar-refractivity contribution in [2.45, 2.75) is 25.2 Å². The normalized spacial score (nSPS) is 14.7. The number of ether oxygens (including phenoxy) is 1. The number of halogens is 1. The molecule has 0 saturated carbocycles. The molecule has 1 aliphatic heterocycles. The number of hydrogen-bond acceptors (Lipinski definition) is 6. The van der Waals surface area contributed by atoms with Gasteiger partial charge in [0, 0.05) is 31.1 Å². The summed E-state index contributed by atoms with van der Waals surface area (Å²) in [6, 6.07) is 10.5. The number of rotatable bonds is 8. The Balaban J connectivity index is 1.49. The first-order valence-electron chi connectivity index (χ1n) is 10.9. The highest BCUT2D eigenvalue weighted by Crippen LogP contribution is 2.32. The van der Waals surface area contributed by atoms with E-state index in [-0.39, 0.29) is 17.5 Å². The van der Waals surface area contributed by atoms with E-state index in [9.17, 15) is 9.18 Å². The zero-order valence-corrected chi connectivity index (χ0v) is 20.1. The van der Waals surface area contributed by atoms with Crippen molar-refractivity contribution >= 4 is 44.4 Å². The Kier molecular flexibility index (Phi) is 7.78. The fraction of sp³-hybridized carbons (Fsp3) is 0.417. The molecular weight excluding hydrogens is 445 g/mol. The first-order valence-corrected chi connectivity index (χ1v) is 12.7. The predicted octanol–water partition coefficient (Wildman–Crippen LogP) is 4.90. The predicted molar refractivity (Wildman–Crippen MR) is 130 cm³/mol. The molecule has 2 aromatic carbocycles. The number of carbonyl (C=O) groups is 1. The molecule has 170 valence electrons. The van der Waals surface area contributed by atoms with E-state index in [4.69, 9.17) is 9.72 Å². The number of aromatic nitrogens is 1. The molecule has 0 N–H and O–H groups in total. The van der Waals surface area contributed by atoms with Crippen LogP contribution in [0.3, 0.4) is 0 Å². The van der Waals surface area contributed by atoms with Gasteiger partial charge in [-0.3, -0.25) is 14.6 Å². The second-order valence-corrected chi connectivity index (χ2v) is 10.0. The standard InChI is InChI=1S/C24H28FN3O2S2/c1-17-4-9-21-23(18(17)2)26-24(32-21)28(11-3-10-27-12-14-30-15-13-27)22(29)16-31-20-7-5-19(25)6-8-20/h4-9H,3,10-16H2,1-2H3. The monoisotopic (exact) mass is 473 g/mol. The smallest absolute Gasteiger partial charge is 0.239 e. The number of amides is 1. The summed E-state index contributed by atoms with van der Waals surface area (Å²) in [4.78, 5) is 23.2. The molecule has 2 heterocycles. The fourth-order valence-corrected chi connectivity index (χ4v) is 5.53. The summed E-state index contributed by atoms with van der Waals surface area (Å²) in [5.41, 5.74) is 3.33. The maximum Gasteiger partial charge on any atom is 0.239 e. The SMILES string of the molecule is Cc1ccc2sc(N(CCCN3CCOCC3)C(=O)CSc3ccc(F)cc3)nc2c1C. The van der Waals surface area contributed by atoms with E-state index >= 15 is 0 Å². The van der Waals surface area contributed by atoms with Crippen LogP contribution in [-0.4, -0.2) is 60.9 Å². The number of thiazole rings is 1. The minimum Gasteiger partial charge on any atom is -0.379 e. The first-order chi connectivity index (χ1) is 15.5. The number of fused-ring (bicyclic) bond motifs is 1. The van der Waals surface area contributed by atoms with Crippen LogP contribution in [0.25, 0.3) is 10.2 Å². The fourth-order valence-electron chi connectivity index (χ4n) is 3.69. The average molecular weight is 474 g/mol. The molecule has 1 aliphatic rings. The molecule has 1 amide bonds. The molecule has 0 radical (unpaired) electrons. The molecule has 0 spiro atoms. The van der Waals surface area contributed by atoms with Gasteiger partial charge in [-0.25, -0.2) is 9.37 Å². The molecule has 1 fully saturated rings. The number of nitrogens with zero attached hydrogens (tertiary/aromatic N) is 3. The van der Waals surface area contributed by atoms with Crippen LogP contribution in [0.2, 0.25) is 0 Å². The summed E-state index contributed by atoms with van der Waals surface area (Å²) in [6.07, 6.45) is 0.876. The molecular formula is C24H28FN3O2S2. The highest BCUT2D eigenvalue weighted by Gasteiger charge is 2.21. The molecule has 0 atom stereocenters. The van der Waals surface area contributed by atoms with Crippen LogP contribution in [-0.2, 0) is 9.53 Å². The van der Waals surface area contributed by atoms with E-state index < -0.39 is 0 Å². The molecule has 1 aromatic heterocycles. The van der Waals surface area contributed by atoms with Crippen molar-refractivity contribution in [3.63, 3.8) is 0 Å². The topological polar surface area (TPSA) is 45.7 Å². The van der Waals surface area contributed by atoms with Crippen molar-refractivity contribution in [2.24, 2.45) is 0 Å². The van der Waals surface area contributed by atoms with Gasteiger partial charge in [-0.05, 0) is 61.7 Å².